The average Bonchev–Trinajstić information content (AvgIpc) is 2.39. The van der Waals surface area contributed by atoms with E-state index in [1.807, 2.05) is 0 Å². The van der Waals surface area contributed by atoms with Crippen LogP contribution < -0.4 is 5.73 Å². The fourth-order valence-corrected chi connectivity index (χ4v) is 3.23. The lowest BCUT2D eigenvalue weighted by atomic mass is 9.78. The quantitative estimate of drug-likeness (QED) is 0.818. The first-order chi connectivity index (χ1) is 8.20. The zero-order chi connectivity index (χ0) is 12.3. The lowest BCUT2D eigenvalue weighted by molar-refractivity contribution is -0.0512. The Morgan fingerprint density at radius 1 is 1.29 bits per heavy atom. The maximum atomic E-state index is 6.43. The minimum absolute atomic E-state index is 0.247. The molecule has 2 aliphatic rings. The van der Waals surface area contributed by atoms with Gasteiger partial charge in [0.15, 0.2) is 0 Å². The van der Waals surface area contributed by atoms with E-state index in [2.05, 4.69) is 18.7 Å². The van der Waals surface area contributed by atoms with E-state index >= 15 is 0 Å². The highest BCUT2D eigenvalue weighted by molar-refractivity contribution is 4.87. The molecule has 0 aromatic heterocycles. The Bertz CT molecular complexity index is 226. The van der Waals surface area contributed by atoms with Crippen LogP contribution in [0.15, 0.2) is 0 Å². The van der Waals surface area contributed by atoms with Gasteiger partial charge in [-0.1, -0.05) is 26.7 Å². The van der Waals surface area contributed by atoms with E-state index in [0.717, 1.165) is 32.2 Å². The Kier molecular flexibility index (Phi) is 4.83. The summed E-state index contributed by atoms with van der Waals surface area (Å²) in [5.41, 5.74) is 6.43. The summed E-state index contributed by atoms with van der Waals surface area (Å²) < 4.78 is 5.89. The van der Waals surface area contributed by atoms with Gasteiger partial charge in [-0.25, -0.2) is 0 Å². The minimum atomic E-state index is 0.247. The Labute approximate surface area is 106 Å². The van der Waals surface area contributed by atoms with Crippen molar-refractivity contribution in [3.63, 3.8) is 0 Å². The second-order valence-corrected chi connectivity index (χ2v) is 5.90. The van der Waals surface area contributed by atoms with Crippen molar-refractivity contribution >= 4 is 0 Å². The van der Waals surface area contributed by atoms with Crippen LogP contribution in [0.25, 0.3) is 0 Å². The van der Waals surface area contributed by atoms with Crippen molar-refractivity contribution in [3.8, 4) is 0 Å². The third-order valence-electron chi connectivity index (χ3n) is 4.66. The molecule has 1 aliphatic heterocycles. The number of hydrogen-bond acceptors (Lipinski definition) is 3. The molecular weight excluding hydrogens is 212 g/mol. The normalized spacial score (nSPS) is 37.9. The van der Waals surface area contributed by atoms with Gasteiger partial charge in [0, 0.05) is 19.1 Å². The molecule has 1 aliphatic carbocycles. The lowest BCUT2D eigenvalue weighted by Crippen LogP contribution is -2.53. The molecule has 2 unspecified atom stereocenters. The second-order valence-electron chi connectivity index (χ2n) is 5.90. The molecule has 17 heavy (non-hydrogen) atoms. The number of nitrogens with two attached hydrogens (primary N) is 1. The first-order valence-corrected chi connectivity index (χ1v) is 7.30. The third-order valence-corrected chi connectivity index (χ3v) is 4.66. The number of hydrogen-bond donors (Lipinski definition) is 1. The van der Waals surface area contributed by atoms with E-state index < -0.39 is 0 Å². The molecule has 0 bridgehead atoms. The SMILES string of the molecule is CCN1CCOC(C(N)C2CCC(C)CC2)C1. The first-order valence-electron chi connectivity index (χ1n) is 7.30. The fourth-order valence-electron chi connectivity index (χ4n) is 3.23. The van der Waals surface area contributed by atoms with Gasteiger partial charge in [-0.15, -0.1) is 0 Å². The molecule has 0 spiro atoms. The maximum Gasteiger partial charge on any atom is 0.0855 e. The molecule has 1 heterocycles. The predicted molar refractivity (Wildman–Crippen MR) is 71.0 cm³/mol. The van der Waals surface area contributed by atoms with Crippen LogP contribution in [0.3, 0.4) is 0 Å². The van der Waals surface area contributed by atoms with E-state index in [4.69, 9.17) is 10.5 Å². The third kappa shape index (κ3) is 3.43. The standard InChI is InChI=1S/C14H28N2O/c1-3-16-8-9-17-13(10-16)14(15)12-6-4-11(2)5-7-12/h11-14H,3-10,15H2,1-2H3. The molecule has 0 radical (unpaired) electrons. The van der Waals surface area contributed by atoms with Gasteiger partial charge in [0.25, 0.3) is 0 Å². The van der Waals surface area contributed by atoms with Gasteiger partial charge in [-0.2, -0.15) is 0 Å². The summed E-state index contributed by atoms with van der Waals surface area (Å²) in [7, 11) is 0. The highest BCUT2D eigenvalue weighted by Gasteiger charge is 2.32. The number of ether oxygens (including phenoxy) is 1. The van der Waals surface area contributed by atoms with Crippen LogP contribution in [-0.4, -0.2) is 43.3 Å². The van der Waals surface area contributed by atoms with Crippen LogP contribution in [-0.2, 0) is 4.74 Å². The molecule has 0 aromatic carbocycles. The van der Waals surface area contributed by atoms with Crippen molar-refractivity contribution in [2.24, 2.45) is 17.6 Å². The minimum Gasteiger partial charge on any atom is -0.374 e. The highest BCUT2D eigenvalue weighted by atomic mass is 16.5. The van der Waals surface area contributed by atoms with E-state index in [9.17, 15) is 0 Å². The van der Waals surface area contributed by atoms with Gasteiger partial charge < -0.3 is 10.5 Å². The predicted octanol–water partition coefficient (Wildman–Crippen LogP) is 1.86. The smallest absolute Gasteiger partial charge is 0.0855 e. The second kappa shape index (κ2) is 6.17. The van der Waals surface area contributed by atoms with Crippen molar-refractivity contribution in [1.82, 2.24) is 4.90 Å². The van der Waals surface area contributed by atoms with Gasteiger partial charge in [-0.3, -0.25) is 4.90 Å². The van der Waals surface area contributed by atoms with Crippen LogP contribution in [0, 0.1) is 11.8 Å². The van der Waals surface area contributed by atoms with Crippen LogP contribution in [0.4, 0.5) is 0 Å². The summed E-state index contributed by atoms with van der Waals surface area (Å²) in [5.74, 6) is 1.59. The van der Waals surface area contributed by atoms with Crippen molar-refractivity contribution in [1.29, 1.82) is 0 Å². The van der Waals surface area contributed by atoms with E-state index in [1.54, 1.807) is 0 Å². The molecule has 3 heteroatoms. The zero-order valence-corrected chi connectivity index (χ0v) is 11.4. The molecule has 0 amide bonds. The van der Waals surface area contributed by atoms with E-state index in [0.29, 0.717) is 5.92 Å². The topological polar surface area (TPSA) is 38.5 Å². The van der Waals surface area contributed by atoms with Crippen LogP contribution in [0.1, 0.15) is 39.5 Å². The van der Waals surface area contributed by atoms with Crippen LogP contribution in [0.2, 0.25) is 0 Å². The molecule has 2 rings (SSSR count). The summed E-state index contributed by atoms with van der Waals surface area (Å²) >= 11 is 0. The highest BCUT2D eigenvalue weighted by Crippen LogP contribution is 2.31. The number of rotatable bonds is 3. The monoisotopic (exact) mass is 240 g/mol. The van der Waals surface area contributed by atoms with Crippen LogP contribution in [0.5, 0.6) is 0 Å². The number of nitrogens with zero attached hydrogens (tertiary/aromatic N) is 1. The molecular formula is C14H28N2O. The van der Waals surface area contributed by atoms with Gasteiger partial charge in [-0.05, 0) is 31.2 Å². The van der Waals surface area contributed by atoms with Crippen molar-refractivity contribution in [3.05, 3.63) is 0 Å². The Hall–Kier alpha value is -0.120. The molecule has 100 valence electrons. The van der Waals surface area contributed by atoms with E-state index in [1.165, 1.54) is 25.7 Å². The van der Waals surface area contributed by atoms with Crippen LogP contribution >= 0.6 is 0 Å². The van der Waals surface area contributed by atoms with Crippen molar-refractivity contribution < 1.29 is 4.74 Å². The first kappa shape index (κ1) is 13.3. The number of likely N-dealkylation sites (N-methyl/N-ethyl adjacent to an activating group) is 1. The molecule has 1 saturated heterocycles. The molecule has 3 nitrogen and oxygen atoms in total. The molecule has 0 aromatic rings. The van der Waals surface area contributed by atoms with Gasteiger partial charge >= 0.3 is 0 Å². The van der Waals surface area contributed by atoms with E-state index in [-0.39, 0.29) is 12.1 Å². The zero-order valence-electron chi connectivity index (χ0n) is 11.4. The average molecular weight is 240 g/mol. The van der Waals surface area contributed by atoms with Gasteiger partial charge in [0.05, 0.1) is 12.7 Å². The molecule has 2 N–H and O–H groups in total. The largest absolute Gasteiger partial charge is 0.374 e. The Morgan fingerprint density at radius 2 is 2.00 bits per heavy atom. The molecule has 2 atom stereocenters. The van der Waals surface area contributed by atoms with Gasteiger partial charge in [0.1, 0.15) is 0 Å². The number of morpholine rings is 1. The summed E-state index contributed by atoms with van der Waals surface area (Å²) in [6.45, 7) is 8.66. The van der Waals surface area contributed by atoms with Crippen molar-refractivity contribution in [2.45, 2.75) is 51.7 Å². The summed E-state index contributed by atoms with van der Waals surface area (Å²) in [5, 5.41) is 0. The lowest BCUT2D eigenvalue weighted by Gasteiger charge is -2.39. The van der Waals surface area contributed by atoms with Crippen molar-refractivity contribution in [2.75, 3.05) is 26.2 Å². The fraction of sp³-hybridized carbons (Fsp3) is 1.00. The summed E-state index contributed by atoms with van der Waals surface area (Å²) in [6.07, 6.45) is 5.57. The van der Waals surface area contributed by atoms with Gasteiger partial charge in [0.2, 0.25) is 0 Å². The summed E-state index contributed by atoms with van der Waals surface area (Å²) in [4.78, 5) is 2.46. The maximum absolute atomic E-state index is 6.43. The molecule has 1 saturated carbocycles. The Morgan fingerprint density at radius 3 is 2.65 bits per heavy atom. The summed E-state index contributed by atoms with van der Waals surface area (Å²) in [6, 6.07) is 0.247. The molecule has 2 fully saturated rings. The Balaban J connectivity index is 1.84.